The third kappa shape index (κ3) is 3.83. The van der Waals surface area contributed by atoms with Crippen LogP contribution in [0.4, 0.5) is 11.4 Å². The number of nitrogens with one attached hydrogen (secondary N) is 1. The highest BCUT2D eigenvalue weighted by Gasteiger charge is 2.20. The van der Waals surface area contributed by atoms with Gasteiger partial charge in [0.25, 0.3) is 11.6 Å². The van der Waals surface area contributed by atoms with E-state index >= 15 is 0 Å². The van der Waals surface area contributed by atoms with Crippen LogP contribution in [0.25, 0.3) is 0 Å². The molecule has 0 bridgehead atoms. The van der Waals surface area contributed by atoms with Crippen molar-refractivity contribution in [1.29, 1.82) is 5.26 Å². The number of amides is 1. The van der Waals surface area contributed by atoms with Crippen LogP contribution in [0.2, 0.25) is 0 Å². The number of rotatable bonds is 5. The normalized spacial score (nSPS) is 11.1. The second-order valence-corrected chi connectivity index (χ2v) is 4.63. The van der Waals surface area contributed by atoms with Gasteiger partial charge in [-0.2, -0.15) is 5.26 Å². The number of nitro groups is 1. The van der Waals surface area contributed by atoms with Crippen molar-refractivity contribution < 1.29 is 14.5 Å². The van der Waals surface area contributed by atoms with Crippen LogP contribution >= 0.6 is 0 Å². The summed E-state index contributed by atoms with van der Waals surface area (Å²) in [7, 11) is 0. The van der Waals surface area contributed by atoms with E-state index in [0.29, 0.717) is 5.56 Å². The van der Waals surface area contributed by atoms with Gasteiger partial charge in [-0.25, -0.2) is 0 Å². The lowest BCUT2D eigenvalue weighted by Crippen LogP contribution is -2.30. The molecular weight excluding hydrogens is 298 g/mol. The molecule has 0 aromatic heterocycles. The van der Waals surface area contributed by atoms with Crippen molar-refractivity contribution in [3.05, 3.63) is 64.2 Å². The van der Waals surface area contributed by atoms with Gasteiger partial charge < -0.3 is 10.1 Å². The van der Waals surface area contributed by atoms with Crippen molar-refractivity contribution in [2.24, 2.45) is 0 Å². The number of benzene rings is 2. The lowest BCUT2D eigenvalue weighted by Gasteiger charge is -2.15. The molecular formula is C16H13N3O4. The third-order valence-corrected chi connectivity index (χ3v) is 3.04. The van der Waals surface area contributed by atoms with Gasteiger partial charge in [0.05, 0.1) is 10.5 Å². The van der Waals surface area contributed by atoms with Crippen LogP contribution in [0, 0.1) is 21.4 Å². The quantitative estimate of drug-likeness (QED) is 0.675. The van der Waals surface area contributed by atoms with Gasteiger partial charge in [-0.05, 0) is 25.1 Å². The zero-order valence-corrected chi connectivity index (χ0v) is 12.2. The van der Waals surface area contributed by atoms with Gasteiger partial charge in [-0.15, -0.1) is 0 Å². The first-order valence-corrected chi connectivity index (χ1v) is 6.73. The minimum absolute atomic E-state index is 0.0894. The fourth-order valence-corrected chi connectivity index (χ4v) is 1.88. The smallest absolute Gasteiger partial charge is 0.292 e. The van der Waals surface area contributed by atoms with Crippen LogP contribution < -0.4 is 10.1 Å². The summed E-state index contributed by atoms with van der Waals surface area (Å²) >= 11 is 0. The first-order valence-electron chi connectivity index (χ1n) is 6.73. The number of ether oxygens (including phenoxy) is 1. The number of carbonyl (C=O) groups is 1. The molecule has 2 aromatic carbocycles. The van der Waals surface area contributed by atoms with E-state index < -0.39 is 16.9 Å². The summed E-state index contributed by atoms with van der Waals surface area (Å²) in [6.45, 7) is 1.50. The molecule has 0 heterocycles. The molecule has 7 heteroatoms. The van der Waals surface area contributed by atoms with E-state index in [2.05, 4.69) is 5.32 Å². The highest BCUT2D eigenvalue weighted by molar-refractivity contribution is 5.96. The van der Waals surface area contributed by atoms with Crippen LogP contribution in [-0.4, -0.2) is 16.9 Å². The van der Waals surface area contributed by atoms with E-state index in [4.69, 9.17) is 10.00 Å². The molecule has 2 aromatic rings. The van der Waals surface area contributed by atoms with Crippen LogP contribution in [0.1, 0.15) is 12.5 Å². The van der Waals surface area contributed by atoms with Crippen LogP contribution in [-0.2, 0) is 4.79 Å². The number of nitriles is 1. The lowest BCUT2D eigenvalue weighted by molar-refractivity contribution is -0.383. The lowest BCUT2D eigenvalue weighted by atomic mass is 10.2. The Morgan fingerprint density at radius 1 is 1.26 bits per heavy atom. The molecule has 7 nitrogen and oxygen atoms in total. The van der Waals surface area contributed by atoms with E-state index in [1.54, 1.807) is 30.3 Å². The molecule has 0 aliphatic rings. The standard InChI is InChI=1S/C16H13N3O4/c1-11(23-15-9-5-2-6-12(15)10-17)16(20)18-13-7-3-4-8-14(13)19(21)22/h2-9,11H,1H3,(H,18,20)/t11-/m1/s1. The number of carbonyl (C=O) groups excluding carboxylic acids is 1. The Kier molecular flexibility index (Phi) is 4.89. The van der Waals surface area contributed by atoms with Crippen molar-refractivity contribution in [2.45, 2.75) is 13.0 Å². The molecule has 0 fully saturated rings. The predicted molar refractivity (Wildman–Crippen MR) is 83.0 cm³/mol. The average Bonchev–Trinajstić information content (AvgIpc) is 2.55. The number of anilines is 1. The summed E-state index contributed by atoms with van der Waals surface area (Å²) in [5.41, 5.74) is 0.190. The molecule has 0 aliphatic heterocycles. The van der Waals surface area contributed by atoms with Crippen molar-refractivity contribution in [1.82, 2.24) is 0 Å². The second kappa shape index (κ2) is 7.04. The molecule has 0 saturated carbocycles. The maximum absolute atomic E-state index is 12.1. The summed E-state index contributed by atoms with van der Waals surface area (Å²) in [4.78, 5) is 22.5. The van der Waals surface area contributed by atoms with Crippen molar-refractivity contribution in [3.63, 3.8) is 0 Å². The Bertz CT molecular complexity index is 783. The highest BCUT2D eigenvalue weighted by Crippen LogP contribution is 2.24. The zero-order valence-electron chi connectivity index (χ0n) is 12.2. The summed E-state index contributed by atoms with van der Waals surface area (Å²) in [6.07, 6.45) is -0.927. The predicted octanol–water partition coefficient (Wildman–Crippen LogP) is 2.87. The van der Waals surface area contributed by atoms with E-state index in [-0.39, 0.29) is 17.1 Å². The molecule has 0 radical (unpaired) electrons. The number of para-hydroxylation sites is 3. The van der Waals surface area contributed by atoms with Gasteiger partial charge >= 0.3 is 0 Å². The molecule has 116 valence electrons. The topological polar surface area (TPSA) is 105 Å². The Morgan fingerprint density at radius 2 is 1.91 bits per heavy atom. The monoisotopic (exact) mass is 311 g/mol. The molecule has 0 aliphatic carbocycles. The third-order valence-electron chi connectivity index (χ3n) is 3.04. The molecule has 2 rings (SSSR count). The maximum atomic E-state index is 12.1. The molecule has 0 saturated heterocycles. The number of nitrogens with zero attached hydrogens (tertiary/aromatic N) is 2. The van der Waals surface area contributed by atoms with Crippen LogP contribution in [0.3, 0.4) is 0 Å². The van der Waals surface area contributed by atoms with E-state index in [1.807, 2.05) is 6.07 Å². The zero-order chi connectivity index (χ0) is 16.8. The van der Waals surface area contributed by atoms with Crippen LogP contribution in [0.15, 0.2) is 48.5 Å². The van der Waals surface area contributed by atoms with Crippen molar-refractivity contribution in [3.8, 4) is 11.8 Å². The fraction of sp³-hybridized carbons (Fsp3) is 0.125. The SMILES string of the molecule is C[C@@H](Oc1ccccc1C#N)C(=O)Nc1ccccc1[N+](=O)[O-]. The molecule has 1 amide bonds. The van der Waals surface area contributed by atoms with Crippen molar-refractivity contribution in [2.75, 3.05) is 5.32 Å². The summed E-state index contributed by atoms with van der Waals surface area (Å²) in [6, 6.07) is 14.3. The van der Waals surface area contributed by atoms with Crippen molar-refractivity contribution >= 4 is 17.3 Å². The van der Waals surface area contributed by atoms with Gasteiger partial charge in [0.15, 0.2) is 6.10 Å². The van der Waals surface area contributed by atoms with Gasteiger partial charge in [-0.3, -0.25) is 14.9 Å². The molecule has 0 unspecified atom stereocenters. The number of hydrogen-bond donors (Lipinski definition) is 1. The fourth-order valence-electron chi connectivity index (χ4n) is 1.88. The average molecular weight is 311 g/mol. The Hall–Kier alpha value is -3.40. The Balaban J connectivity index is 2.12. The maximum Gasteiger partial charge on any atom is 0.292 e. The summed E-state index contributed by atoms with van der Waals surface area (Å²) in [5.74, 6) is -0.271. The largest absolute Gasteiger partial charge is 0.480 e. The van der Waals surface area contributed by atoms with Crippen LogP contribution in [0.5, 0.6) is 5.75 Å². The first-order chi connectivity index (χ1) is 11.0. The Labute approximate surface area is 132 Å². The second-order valence-electron chi connectivity index (χ2n) is 4.63. The summed E-state index contributed by atoms with van der Waals surface area (Å²) < 4.78 is 5.47. The molecule has 0 spiro atoms. The van der Waals surface area contributed by atoms with E-state index in [0.717, 1.165) is 0 Å². The number of nitro benzene ring substituents is 1. The minimum Gasteiger partial charge on any atom is -0.480 e. The van der Waals surface area contributed by atoms with E-state index in [1.165, 1.54) is 25.1 Å². The highest BCUT2D eigenvalue weighted by atomic mass is 16.6. The molecule has 23 heavy (non-hydrogen) atoms. The van der Waals surface area contributed by atoms with Gasteiger partial charge in [0, 0.05) is 6.07 Å². The Morgan fingerprint density at radius 3 is 2.61 bits per heavy atom. The molecule has 1 N–H and O–H groups in total. The van der Waals surface area contributed by atoms with Gasteiger partial charge in [-0.1, -0.05) is 24.3 Å². The summed E-state index contributed by atoms with van der Waals surface area (Å²) in [5, 5.41) is 22.4. The minimum atomic E-state index is -0.927. The first kappa shape index (κ1) is 16.0. The molecule has 1 atom stereocenters. The van der Waals surface area contributed by atoms with E-state index in [9.17, 15) is 14.9 Å². The van der Waals surface area contributed by atoms with Gasteiger partial charge in [0.1, 0.15) is 17.5 Å². The number of hydrogen-bond acceptors (Lipinski definition) is 5. The van der Waals surface area contributed by atoms with Gasteiger partial charge in [0.2, 0.25) is 0 Å².